The molecule has 4 heteroatoms. The van der Waals surface area contributed by atoms with Crippen LogP contribution in [-0.4, -0.2) is 25.3 Å². The van der Waals surface area contributed by atoms with Crippen molar-refractivity contribution in [2.24, 2.45) is 5.92 Å². The Kier molecular flexibility index (Phi) is 2.24. The van der Waals surface area contributed by atoms with Gasteiger partial charge >= 0.3 is 0 Å². The molecule has 0 aliphatic carbocycles. The standard InChI is InChI=1S/C9H13NO3/c1-2-3-9-11-5-7(6-12-9)8(4-10)13-9/h7-8H,2-3,5-6H2,1H3. The van der Waals surface area contributed by atoms with Gasteiger partial charge in [-0.1, -0.05) is 6.92 Å². The van der Waals surface area contributed by atoms with Crippen LogP contribution in [0.3, 0.4) is 0 Å². The van der Waals surface area contributed by atoms with Crippen LogP contribution in [0.25, 0.3) is 0 Å². The van der Waals surface area contributed by atoms with E-state index in [0.717, 1.165) is 6.42 Å². The van der Waals surface area contributed by atoms with Crippen LogP contribution < -0.4 is 0 Å². The zero-order chi connectivity index (χ0) is 9.31. The number of hydrogen-bond donors (Lipinski definition) is 0. The normalized spacial score (nSPS) is 43.1. The van der Waals surface area contributed by atoms with Gasteiger partial charge in [0.1, 0.15) is 0 Å². The SMILES string of the molecule is CCCC12OCC(CO1)C(C#N)O2. The van der Waals surface area contributed by atoms with Gasteiger partial charge in [-0.05, 0) is 6.42 Å². The maximum absolute atomic E-state index is 8.81. The second-order valence-corrected chi connectivity index (χ2v) is 3.48. The molecule has 4 nitrogen and oxygen atoms in total. The minimum Gasteiger partial charge on any atom is -0.327 e. The summed E-state index contributed by atoms with van der Waals surface area (Å²) in [5.41, 5.74) is 0. The van der Waals surface area contributed by atoms with Gasteiger partial charge in [0, 0.05) is 12.3 Å². The first kappa shape index (κ1) is 8.95. The molecule has 0 aromatic rings. The van der Waals surface area contributed by atoms with Crippen LogP contribution in [0.15, 0.2) is 0 Å². The highest BCUT2D eigenvalue weighted by Gasteiger charge is 2.49. The first-order valence-electron chi connectivity index (χ1n) is 4.65. The van der Waals surface area contributed by atoms with E-state index in [1.807, 2.05) is 6.92 Å². The van der Waals surface area contributed by atoms with Crippen molar-refractivity contribution in [3.63, 3.8) is 0 Å². The lowest BCUT2D eigenvalue weighted by atomic mass is 10.0. The third kappa shape index (κ3) is 1.44. The van der Waals surface area contributed by atoms with Crippen molar-refractivity contribution in [1.29, 1.82) is 5.26 Å². The molecule has 13 heavy (non-hydrogen) atoms. The molecule has 0 saturated carbocycles. The third-order valence-corrected chi connectivity index (χ3v) is 2.45. The quantitative estimate of drug-likeness (QED) is 0.641. The van der Waals surface area contributed by atoms with Crippen molar-refractivity contribution < 1.29 is 14.2 Å². The molecule has 3 saturated heterocycles. The maximum atomic E-state index is 8.81. The second kappa shape index (κ2) is 3.26. The fourth-order valence-corrected chi connectivity index (χ4v) is 1.73. The Balaban J connectivity index is 2.10. The molecule has 0 amide bonds. The summed E-state index contributed by atoms with van der Waals surface area (Å²) in [5.74, 6) is -0.826. The minimum absolute atomic E-state index is 0.0868. The van der Waals surface area contributed by atoms with Crippen LogP contribution in [0.1, 0.15) is 19.8 Å². The van der Waals surface area contributed by atoms with Crippen LogP contribution in [0.4, 0.5) is 0 Å². The van der Waals surface area contributed by atoms with Gasteiger partial charge in [-0.25, -0.2) is 0 Å². The Labute approximate surface area is 77.4 Å². The zero-order valence-electron chi connectivity index (χ0n) is 7.66. The van der Waals surface area contributed by atoms with Crippen molar-refractivity contribution in [1.82, 2.24) is 0 Å². The van der Waals surface area contributed by atoms with Crippen molar-refractivity contribution in [3.05, 3.63) is 0 Å². The summed E-state index contributed by atoms with van der Waals surface area (Å²) in [6.45, 7) is 3.20. The van der Waals surface area contributed by atoms with Gasteiger partial charge in [0.15, 0.2) is 6.10 Å². The summed E-state index contributed by atoms with van der Waals surface area (Å²) in [6, 6.07) is 2.14. The Morgan fingerprint density at radius 3 is 2.69 bits per heavy atom. The van der Waals surface area contributed by atoms with Gasteiger partial charge in [-0.2, -0.15) is 5.26 Å². The van der Waals surface area contributed by atoms with E-state index >= 15 is 0 Å². The van der Waals surface area contributed by atoms with E-state index in [1.165, 1.54) is 0 Å². The summed E-state index contributed by atoms with van der Waals surface area (Å²) in [6.07, 6.45) is 1.26. The largest absolute Gasteiger partial charge is 0.327 e. The predicted molar refractivity (Wildman–Crippen MR) is 43.5 cm³/mol. The van der Waals surface area contributed by atoms with Crippen LogP contribution in [0, 0.1) is 17.2 Å². The number of hydrogen-bond acceptors (Lipinski definition) is 4. The summed E-state index contributed by atoms with van der Waals surface area (Å²) in [4.78, 5) is 0. The lowest BCUT2D eigenvalue weighted by Crippen LogP contribution is -2.57. The van der Waals surface area contributed by atoms with Gasteiger partial charge < -0.3 is 14.2 Å². The molecular formula is C9H13NO3. The highest BCUT2D eigenvalue weighted by molar-refractivity contribution is 4.95. The first-order chi connectivity index (χ1) is 6.29. The van der Waals surface area contributed by atoms with Crippen molar-refractivity contribution >= 4 is 0 Å². The molecule has 0 aromatic heterocycles. The van der Waals surface area contributed by atoms with Crippen molar-refractivity contribution in [3.8, 4) is 6.07 Å². The molecule has 72 valence electrons. The second-order valence-electron chi connectivity index (χ2n) is 3.48. The topological polar surface area (TPSA) is 51.5 Å². The van der Waals surface area contributed by atoms with Gasteiger partial charge in [0.2, 0.25) is 0 Å². The minimum atomic E-state index is -0.913. The van der Waals surface area contributed by atoms with Gasteiger partial charge in [-0.3, -0.25) is 0 Å². The smallest absolute Gasteiger partial charge is 0.284 e. The lowest BCUT2D eigenvalue weighted by molar-refractivity contribution is -0.461. The van der Waals surface area contributed by atoms with Gasteiger partial charge in [-0.15, -0.1) is 0 Å². The molecular weight excluding hydrogens is 170 g/mol. The Hall–Kier alpha value is -0.630. The number of fused-ring (bicyclic) bond motifs is 3. The first-order valence-corrected chi connectivity index (χ1v) is 4.65. The van der Waals surface area contributed by atoms with Crippen molar-refractivity contribution in [2.45, 2.75) is 31.8 Å². The summed E-state index contributed by atoms with van der Waals surface area (Å²) < 4.78 is 16.3. The summed E-state index contributed by atoms with van der Waals surface area (Å²) in [5, 5.41) is 8.81. The van der Waals surface area contributed by atoms with E-state index < -0.39 is 5.97 Å². The number of rotatable bonds is 2. The van der Waals surface area contributed by atoms with E-state index in [9.17, 15) is 0 Å². The highest BCUT2D eigenvalue weighted by atomic mass is 16.9. The van der Waals surface area contributed by atoms with Crippen LogP contribution in [0.2, 0.25) is 0 Å². The average Bonchev–Trinajstić information content (AvgIpc) is 2.19. The molecule has 1 atom stereocenters. The molecule has 3 rings (SSSR count). The molecule has 3 fully saturated rings. The molecule has 3 heterocycles. The summed E-state index contributed by atoms with van der Waals surface area (Å²) >= 11 is 0. The number of ether oxygens (including phenoxy) is 3. The molecule has 0 spiro atoms. The van der Waals surface area contributed by atoms with E-state index in [-0.39, 0.29) is 12.0 Å². The third-order valence-electron chi connectivity index (χ3n) is 2.45. The lowest BCUT2D eigenvalue weighted by Gasteiger charge is -2.47. The molecule has 3 aliphatic rings. The van der Waals surface area contributed by atoms with Crippen LogP contribution in [0.5, 0.6) is 0 Å². The average molecular weight is 183 g/mol. The van der Waals surface area contributed by atoms with E-state index in [4.69, 9.17) is 19.5 Å². The molecule has 2 bridgehead atoms. The van der Waals surface area contributed by atoms with E-state index in [1.54, 1.807) is 0 Å². The highest BCUT2D eigenvalue weighted by Crippen LogP contribution is 2.37. The van der Waals surface area contributed by atoms with Gasteiger partial charge in [0.05, 0.1) is 19.3 Å². The molecule has 0 radical (unpaired) electrons. The van der Waals surface area contributed by atoms with E-state index in [2.05, 4.69) is 6.07 Å². The number of nitriles is 1. The number of nitrogens with zero attached hydrogens (tertiary/aromatic N) is 1. The predicted octanol–water partition coefficient (Wildman–Crippen LogP) is 1.03. The Morgan fingerprint density at radius 1 is 1.46 bits per heavy atom. The van der Waals surface area contributed by atoms with Gasteiger partial charge in [0.25, 0.3) is 5.97 Å². The monoisotopic (exact) mass is 183 g/mol. The van der Waals surface area contributed by atoms with Crippen LogP contribution in [-0.2, 0) is 14.2 Å². The van der Waals surface area contributed by atoms with Crippen LogP contribution >= 0.6 is 0 Å². The molecule has 1 unspecified atom stereocenters. The Bertz CT molecular complexity index is 222. The Morgan fingerprint density at radius 2 is 2.15 bits per heavy atom. The molecule has 0 N–H and O–H groups in total. The fraction of sp³-hybridized carbons (Fsp3) is 0.889. The fourth-order valence-electron chi connectivity index (χ4n) is 1.73. The maximum Gasteiger partial charge on any atom is 0.284 e. The molecule has 0 aromatic carbocycles. The zero-order valence-corrected chi connectivity index (χ0v) is 7.66. The van der Waals surface area contributed by atoms with E-state index in [0.29, 0.717) is 19.6 Å². The van der Waals surface area contributed by atoms with Crippen molar-refractivity contribution in [2.75, 3.05) is 13.2 Å². The molecule has 3 aliphatic heterocycles. The summed E-state index contributed by atoms with van der Waals surface area (Å²) in [7, 11) is 0.